The van der Waals surface area contributed by atoms with Crippen molar-refractivity contribution in [2.45, 2.75) is 52.7 Å². The molecule has 0 radical (unpaired) electrons. The number of anilines is 1. The van der Waals surface area contributed by atoms with Crippen molar-refractivity contribution in [2.24, 2.45) is 5.73 Å². The molecule has 0 saturated heterocycles. The highest BCUT2D eigenvalue weighted by Crippen LogP contribution is 2.24. The Morgan fingerprint density at radius 1 is 1.20 bits per heavy atom. The van der Waals surface area contributed by atoms with E-state index < -0.39 is 5.60 Å². The molecular weight excluding hydrogens is 448 g/mol. The van der Waals surface area contributed by atoms with Gasteiger partial charge in [-0.05, 0) is 57.4 Å². The number of aromatic nitrogens is 4. The van der Waals surface area contributed by atoms with Crippen molar-refractivity contribution in [2.75, 3.05) is 5.32 Å². The Bertz CT molecular complexity index is 1380. The summed E-state index contributed by atoms with van der Waals surface area (Å²) >= 11 is 0. The minimum absolute atomic E-state index is 0.149. The zero-order valence-corrected chi connectivity index (χ0v) is 20.2. The molecule has 4 rings (SSSR count). The van der Waals surface area contributed by atoms with Crippen molar-refractivity contribution in [3.8, 4) is 11.4 Å². The van der Waals surface area contributed by atoms with E-state index in [1.54, 1.807) is 10.5 Å². The Morgan fingerprint density at radius 2 is 2.00 bits per heavy atom. The van der Waals surface area contributed by atoms with Crippen molar-refractivity contribution in [3.05, 3.63) is 65.4 Å². The van der Waals surface area contributed by atoms with Crippen LogP contribution in [0.5, 0.6) is 0 Å². The van der Waals surface area contributed by atoms with Crippen LogP contribution in [0.3, 0.4) is 0 Å². The fourth-order valence-electron chi connectivity index (χ4n) is 3.52. The van der Waals surface area contributed by atoms with Gasteiger partial charge in [0, 0.05) is 23.9 Å². The number of carbonyl (C=O) groups is 2. The summed E-state index contributed by atoms with van der Waals surface area (Å²) in [5.74, 6) is 0.138. The van der Waals surface area contributed by atoms with Crippen LogP contribution >= 0.6 is 0 Å². The van der Waals surface area contributed by atoms with E-state index in [1.807, 2.05) is 58.2 Å². The topological polar surface area (TPSA) is 138 Å². The standard InChI is InChI=1S/C25H28N6O4/c1-15-5-8-17(23-29-21(12-26)35-30-23)11-18(15)28-24(33)19-13-27-20-9-6-16(14-31(19)20)7-10-22(32)34-25(2,3)4/h5-6,8-9,11,13-14H,7,10,12,26H2,1-4H3,(H,28,33). The van der Waals surface area contributed by atoms with Crippen molar-refractivity contribution in [3.63, 3.8) is 0 Å². The third-order valence-electron chi connectivity index (χ3n) is 5.22. The summed E-state index contributed by atoms with van der Waals surface area (Å²) in [5, 5.41) is 6.88. The van der Waals surface area contributed by atoms with Crippen LogP contribution in [-0.2, 0) is 22.5 Å². The first-order chi connectivity index (χ1) is 16.6. The van der Waals surface area contributed by atoms with Crippen molar-refractivity contribution >= 4 is 23.2 Å². The number of nitrogens with two attached hydrogens (primary N) is 1. The summed E-state index contributed by atoms with van der Waals surface area (Å²) < 4.78 is 12.2. The summed E-state index contributed by atoms with van der Waals surface area (Å²) in [6, 6.07) is 9.21. The van der Waals surface area contributed by atoms with Crippen LogP contribution in [-0.4, -0.2) is 37.0 Å². The summed E-state index contributed by atoms with van der Waals surface area (Å²) in [5.41, 5.74) is 9.08. The molecule has 3 aromatic heterocycles. The van der Waals surface area contributed by atoms with Gasteiger partial charge in [0.1, 0.15) is 16.9 Å². The summed E-state index contributed by atoms with van der Waals surface area (Å²) in [6.45, 7) is 7.56. The summed E-state index contributed by atoms with van der Waals surface area (Å²) in [7, 11) is 0. The van der Waals surface area contributed by atoms with Gasteiger partial charge in [0.05, 0.1) is 12.7 Å². The third-order valence-corrected chi connectivity index (χ3v) is 5.22. The molecule has 0 aliphatic carbocycles. The quantitative estimate of drug-likeness (QED) is 0.385. The van der Waals surface area contributed by atoms with E-state index in [4.69, 9.17) is 15.0 Å². The number of benzene rings is 1. The van der Waals surface area contributed by atoms with Crippen LogP contribution in [0.1, 0.15) is 54.7 Å². The molecule has 0 unspecified atom stereocenters. The van der Waals surface area contributed by atoms with Crippen LogP contribution in [0.15, 0.2) is 47.2 Å². The van der Waals surface area contributed by atoms with Gasteiger partial charge in [0.2, 0.25) is 11.7 Å². The smallest absolute Gasteiger partial charge is 0.306 e. The maximum atomic E-state index is 13.2. The number of ether oxygens (including phenoxy) is 1. The lowest BCUT2D eigenvalue weighted by atomic mass is 10.1. The third kappa shape index (κ3) is 5.72. The molecular formula is C25H28N6O4. The van der Waals surface area contributed by atoms with Crippen LogP contribution in [0, 0.1) is 6.92 Å². The van der Waals surface area contributed by atoms with E-state index in [9.17, 15) is 9.59 Å². The highest BCUT2D eigenvalue weighted by molar-refractivity contribution is 6.04. The maximum absolute atomic E-state index is 13.2. The number of hydrogen-bond acceptors (Lipinski definition) is 8. The average Bonchev–Trinajstić information content (AvgIpc) is 3.45. The van der Waals surface area contributed by atoms with Crippen LogP contribution in [0.2, 0.25) is 0 Å². The van der Waals surface area contributed by atoms with E-state index in [0.29, 0.717) is 40.7 Å². The minimum atomic E-state index is -0.525. The monoisotopic (exact) mass is 476 g/mol. The van der Waals surface area contributed by atoms with E-state index in [-0.39, 0.29) is 24.8 Å². The molecule has 10 nitrogen and oxygen atoms in total. The molecule has 0 spiro atoms. The molecule has 1 aromatic carbocycles. The number of imidazole rings is 1. The fraction of sp³-hybridized carbons (Fsp3) is 0.320. The van der Waals surface area contributed by atoms with Gasteiger partial charge in [-0.15, -0.1) is 0 Å². The second-order valence-corrected chi connectivity index (χ2v) is 9.20. The predicted octanol–water partition coefficient (Wildman–Crippen LogP) is 3.68. The molecule has 0 aliphatic rings. The molecule has 182 valence electrons. The molecule has 3 heterocycles. The molecule has 0 saturated carbocycles. The zero-order valence-electron chi connectivity index (χ0n) is 20.2. The number of esters is 1. The first kappa shape index (κ1) is 24.1. The SMILES string of the molecule is Cc1ccc(-c2noc(CN)n2)cc1NC(=O)c1cnc2ccc(CCC(=O)OC(C)(C)C)cn12. The molecule has 4 aromatic rings. The minimum Gasteiger partial charge on any atom is -0.460 e. The van der Waals surface area contributed by atoms with Gasteiger partial charge < -0.3 is 20.3 Å². The van der Waals surface area contributed by atoms with Gasteiger partial charge in [-0.2, -0.15) is 4.98 Å². The Balaban J connectivity index is 1.52. The van der Waals surface area contributed by atoms with Crippen molar-refractivity contribution < 1.29 is 18.8 Å². The Kier molecular flexibility index (Phi) is 6.65. The highest BCUT2D eigenvalue weighted by Gasteiger charge is 2.18. The maximum Gasteiger partial charge on any atom is 0.306 e. The number of nitrogens with one attached hydrogen (secondary N) is 1. The molecule has 0 fully saturated rings. The lowest BCUT2D eigenvalue weighted by Crippen LogP contribution is -2.24. The van der Waals surface area contributed by atoms with Crippen LogP contribution in [0.4, 0.5) is 5.69 Å². The number of pyridine rings is 1. The molecule has 0 aliphatic heterocycles. The van der Waals surface area contributed by atoms with Gasteiger partial charge in [-0.1, -0.05) is 23.4 Å². The number of carbonyl (C=O) groups excluding carboxylic acids is 2. The van der Waals surface area contributed by atoms with E-state index >= 15 is 0 Å². The Hall–Kier alpha value is -4.05. The Labute approximate surface area is 202 Å². The lowest BCUT2D eigenvalue weighted by molar-refractivity contribution is -0.154. The Morgan fingerprint density at radius 3 is 2.71 bits per heavy atom. The summed E-state index contributed by atoms with van der Waals surface area (Å²) in [4.78, 5) is 33.8. The van der Waals surface area contributed by atoms with Crippen molar-refractivity contribution in [1.29, 1.82) is 0 Å². The predicted molar refractivity (Wildman–Crippen MR) is 130 cm³/mol. The molecule has 3 N–H and O–H groups in total. The first-order valence-electron chi connectivity index (χ1n) is 11.3. The zero-order chi connectivity index (χ0) is 25.2. The van der Waals surface area contributed by atoms with Crippen molar-refractivity contribution in [1.82, 2.24) is 19.5 Å². The molecule has 35 heavy (non-hydrogen) atoms. The van der Waals surface area contributed by atoms with Gasteiger partial charge in [0.15, 0.2) is 0 Å². The molecule has 0 atom stereocenters. The number of amides is 1. The number of aryl methyl sites for hydroxylation is 2. The largest absolute Gasteiger partial charge is 0.460 e. The van der Waals surface area contributed by atoms with Gasteiger partial charge in [0.25, 0.3) is 5.91 Å². The normalized spacial score (nSPS) is 11.6. The van der Waals surface area contributed by atoms with E-state index in [2.05, 4.69) is 20.4 Å². The van der Waals surface area contributed by atoms with Gasteiger partial charge in [-0.3, -0.25) is 14.0 Å². The van der Waals surface area contributed by atoms with E-state index in [0.717, 1.165) is 11.1 Å². The average molecular weight is 477 g/mol. The number of nitrogens with zero attached hydrogens (tertiary/aromatic N) is 4. The fourth-order valence-corrected chi connectivity index (χ4v) is 3.52. The second kappa shape index (κ2) is 9.67. The molecule has 1 amide bonds. The van der Waals surface area contributed by atoms with Gasteiger partial charge in [-0.25, -0.2) is 4.98 Å². The first-order valence-corrected chi connectivity index (χ1v) is 11.3. The highest BCUT2D eigenvalue weighted by atomic mass is 16.6. The van der Waals surface area contributed by atoms with E-state index in [1.165, 1.54) is 6.20 Å². The van der Waals surface area contributed by atoms with Gasteiger partial charge >= 0.3 is 5.97 Å². The second-order valence-electron chi connectivity index (χ2n) is 9.20. The molecule has 0 bridgehead atoms. The van der Waals surface area contributed by atoms with Crippen LogP contribution < -0.4 is 11.1 Å². The molecule has 10 heteroatoms. The number of hydrogen-bond donors (Lipinski definition) is 2. The number of fused-ring (bicyclic) bond motifs is 1. The summed E-state index contributed by atoms with van der Waals surface area (Å²) in [6.07, 6.45) is 4.07. The number of rotatable bonds is 7. The lowest BCUT2D eigenvalue weighted by Gasteiger charge is -2.19. The van der Waals surface area contributed by atoms with Crippen LogP contribution in [0.25, 0.3) is 17.0 Å².